The molecule has 0 radical (unpaired) electrons. The molecule has 0 aromatic heterocycles. The number of halogens is 1. The Bertz CT molecular complexity index is 444. The van der Waals surface area contributed by atoms with Crippen LogP contribution in [0.25, 0.3) is 0 Å². The van der Waals surface area contributed by atoms with Gasteiger partial charge in [-0.25, -0.2) is 0 Å². The highest BCUT2D eigenvalue weighted by molar-refractivity contribution is 6.32. The molecule has 0 amide bonds. The summed E-state index contributed by atoms with van der Waals surface area (Å²) in [5.74, 6) is 1.28. The van der Waals surface area contributed by atoms with Gasteiger partial charge in [0.25, 0.3) is 0 Å². The van der Waals surface area contributed by atoms with Crippen LogP contribution in [0.5, 0.6) is 11.5 Å². The van der Waals surface area contributed by atoms with E-state index in [1.807, 2.05) is 12.1 Å². The summed E-state index contributed by atoms with van der Waals surface area (Å²) in [7, 11) is 3.22. The van der Waals surface area contributed by atoms with Gasteiger partial charge in [-0.15, -0.1) is 0 Å². The van der Waals surface area contributed by atoms with Crippen molar-refractivity contribution in [2.24, 2.45) is 5.41 Å². The Morgan fingerprint density at radius 1 is 1.26 bits per heavy atom. The Balaban J connectivity index is 1.98. The zero-order chi connectivity index (χ0) is 13.9. The summed E-state index contributed by atoms with van der Waals surface area (Å²) in [6, 6.07) is 3.91. The summed E-state index contributed by atoms with van der Waals surface area (Å²) < 4.78 is 10.5. The first kappa shape index (κ1) is 14.5. The fourth-order valence-electron chi connectivity index (χ4n) is 2.38. The lowest BCUT2D eigenvalue weighted by molar-refractivity contribution is 0.354. The van der Waals surface area contributed by atoms with Crippen LogP contribution < -0.4 is 14.8 Å². The molecule has 4 heteroatoms. The normalized spacial score (nSPS) is 16.2. The summed E-state index contributed by atoms with van der Waals surface area (Å²) in [5, 5.41) is 4.11. The van der Waals surface area contributed by atoms with E-state index in [1.165, 1.54) is 19.3 Å². The molecule has 0 aliphatic heterocycles. The lowest BCUT2D eigenvalue weighted by Gasteiger charge is -2.15. The average Bonchev–Trinajstić information content (AvgIpc) is 3.18. The average molecular weight is 284 g/mol. The maximum Gasteiger partial charge on any atom is 0.179 e. The minimum atomic E-state index is 0.556. The molecule has 0 spiro atoms. The molecule has 1 aliphatic carbocycles. The van der Waals surface area contributed by atoms with Crippen molar-refractivity contribution in [1.82, 2.24) is 5.32 Å². The fourth-order valence-corrected chi connectivity index (χ4v) is 2.69. The van der Waals surface area contributed by atoms with Crippen molar-refractivity contribution >= 4 is 11.6 Å². The van der Waals surface area contributed by atoms with Gasteiger partial charge in [-0.1, -0.05) is 18.5 Å². The molecule has 19 heavy (non-hydrogen) atoms. The minimum Gasteiger partial charge on any atom is -0.493 e. The van der Waals surface area contributed by atoms with Crippen molar-refractivity contribution in [1.29, 1.82) is 0 Å². The molecule has 0 saturated heterocycles. The maximum atomic E-state index is 6.19. The standard InChI is InChI=1S/C15H22ClNO2/c1-4-15(5-6-15)10-17-9-11-7-12(16)14(19-3)13(8-11)18-2/h7-8,17H,4-6,9-10H2,1-3H3. The van der Waals surface area contributed by atoms with Crippen molar-refractivity contribution in [2.75, 3.05) is 20.8 Å². The number of rotatable bonds is 7. The minimum absolute atomic E-state index is 0.556. The maximum absolute atomic E-state index is 6.19. The van der Waals surface area contributed by atoms with E-state index in [0.29, 0.717) is 21.9 Å². The molecule has 1 aliphatic rings. The topological polar surface area (TPSA) is 30.5 Å². The number of hydrogen-bond donors (Lipinski definition) is 1. The third-order valence-corrected chi connectivity index (χ3v) is 4.31. The molecule has 1 saturated carbocycles. The van der Waals surface area contributed by atoms with Gasteiger partial charge in [0.2, 0.25) is 0 Å². The summed E-state index contributed by atoms with van der Waals surface area (Å²) >= 11 is 6.19. The Labute approximate surface area is 120 Å². The van der Waals surface area contributed by atoms with Crippen LogP contribution in [0, 0.1) is 5.41 Å². The monoisotopic (exact) mass is 283 g/mol. The molecule has 0 heterocycles. The first-order chi connectivity index (χ1) is 9.14. The van der Waals surface area contributed by atoms with Crippen LogP contribution in [0.3, 0.4) is 0 Å². The van der Waals surface area contributed by atoms with Crippen molar-refractivity contribution < 1.29 is 9.47 Å². The number of nitrogens with one attached hydrogen (secondary N) is 1. The van der Waals surface area contributed by atoms with E-state index >= 15 is 0 Å². The zero-order valence-electron chi connectivity index (χ0n) is 11.9. The Morgan fingerprint density at radius 3 is 2.53 bits per heavy atom. The van der Waals surface area contributed by atoms with Gasteiger partial charge in [0, 0.05) is 13.1 Å². The zero-order valence-corrected chi connectivity index (χ0v) is 12.6. The van der Waals surface area contributed by atoms with Crippen LogP contribution in [0.1, 0.15) is 31.7 Å². The lowest BCUT2D eigenvalue weighted by atomic mass is 10.0. The summed E-state index contributed by atoms with van der Waals surface area (Å²) in [6.45, 7) is 4.15. The number of hydrogen-bond acceptors (Lipinski definition) is 3. The summed E-state index contributed by atoms with van der Waals surface area (Å²) in [5.41, 5.74) is 1.68. The number of ether oxygens (including phenoxy) is 2. The van der Waals surface area contributed by atoms with Gasteiger partial charge in [0.1, 0.15) is 0 Å². The van der Waals surface area contributed by atoms with Crippen LogP contribution in [0.15, 0.2) is 12.1 Å². The molecule has 106 valence electrons. The SMILES string of the molecule is CCC1(CNCc2cc(Cl)c(OC)c(OC)c2)CC1. The Kier molecular flexibility index (Phi) is 4.58. The van der Waals surface area contributed by atoms with Gasteiger partial charge in [-0.2, -0.15) is 0 Å². The molecule has 0 atom stereocenters. The highest BCUT2D eigenvalue weighted by Gasteiger charge is 2.39. The molecule has 0 unspecified atom stereocenters. The molecule has 1 aromatic carbocycles. The van der Waals surface area contributed by atoms with Crippen LogP contribution in [0.2, 0.25) is 5.02 Å². The van der Waals surface area contributed by atoms with Crippen LogP contribution >= 0.6 is 11.6 Å². The van der Waals surface area contributed by atoms with E-state index in [2.05, 4.69) is 12.2 Å². The lowest BCUT2D eigenvalue weighted by Crippen LogP contribution is -2.23. The third kappa shape index (κ3) is 3.34. The Hall–Kier alpha value is -0.930. The van der Waals surface area contributed by atoms with Crippen LogP contribution in [-0.4, -0.2) is 20.8 Å². The highest BCUT2D eigenvalue weighted by atomic mass is 35.5. The molecule has 2 rings (SSSR count). The second kappa shape index (κ2) is 6.02. The molecule has 0 bridgehead atoms. The van der Waals surface area contributed by atoms with E-state index < -0.39 is 0 Å². The van der Waals surface area contributed by atoms with Crippen molar-refractivity contribution in [2.45, 2.75) is 32.7 Å². The summed E-state index contributed by atoms with van der Waals surface area (Å²) in [4.78, 5) is 0. The van der Waals surface area contributed by atoms with Gasteiger partial charge in [0.05, 0.1) is 19.2 Å². The van der Waals surface area contributed by atoms with Crippen molar-refractivity contribution in [3.63, 3.8) is 0 Å². The van der Waals surface area contributed by atoms with E-state index in [-0.39, 0.29) is 0 Å². The van der Waals surface area contributed by atoms with Crippen molar-refractivity contribution in [3.05, 3.63) is 22.7 Å². The van der Waals surface area contributed by atoms with E-state index in [4.69, 9.17) is 21.1 Å². The van der Waals surface area contributed by atoms with E-state index in [9.17, 15) is 0 Å². The predicted octanol–water partition coefficient (Wildman–Crippen LogP) is 3.64. The van der Waals surface area contributed by atoms with Crippen LogP contribution in [0.4, 0.5) is 0 Å². The fraction of sp³-hybridized carbons (Fsp3) is 0.600. The number of benzene rings is 1. The van der Waals surface area contributed by atoms with Gasteiger partial charge < -0.3 is 14.8 Å². The van der Waals surface area contributed by atoms with Gasteiger partial charge in [-0.05, 0) is 42.4 Å². The van der Waals surface area contributed by atoms with Gasteiger partial charge in [0.15, 0.2) is 11.5 Å². The molecule has 3 nitrogen and oxygen atoms in total. The molecule has 1 fully saturated rings. The van der Waals surface area contributed by atoms with Crippen LogP contribution in [-0.2, 0) is 6.54 Å². The van der Waals surface area contributed by atoms with Gasteiger partial charge in [-0.3, -0.25) is 0 Å². The quantitative estimate of drug-likeness (QED) is 0.829. The molecule has 1 N–H and O–H groups in total. The van der Waals surface area contributed by atoms with Crippen molar-refractivity contribution in [3.8, 4) is 11.5 Å². The largest absolute Gasteiger partial charge is 0.493 e. The second-order valence-electron chi connectivity index (χ2n) is 5.27. The first-order valence-corrected chi connectivity index (χ1v) is 7.13. The smallest absolute Gasteiger partial charge is 0.179 e. The second-order valence-corrected chi connectivity index (χ2v) is 5.68. The predicted molar refractivity (Wildman–Crippen MR) is 78.2 cm³/mol. The number of methoxy groups -OCH3 is 2. The molecular weight excluding hydrogens is 262 g/mol. The Morgan fingerprint density at radius 2 is 2.00 bits per heavy atom. The molecular formula is C15H22ClNO2. The first-order valence-electron chi connectivity index (χ1n) is 6.75. The third-order valence-electron chi connectivity index (χ3n) is 4.03. The summed E-state index contributed by atoms with van der Waals surface area (Å²) in [6.07, 6.45) is 3.96. The molecule has 1 aromatic rings. The van der Waals surface area contributed by atoms with Gasteiger partial charge >= 0.3 is 0 Å². The highest BCUT2D eigenvalue weighted by Crippen LogP contribution is 2.47. The van der Waals surface area contributed by atoms with E-state index in [1.54, 1.807) is 14.2 Å². The van der Waals surface area contributed by atoms with E-state index in [0.717, 1.165) is 18.7 Å².